The van der Waals surface area contributed by atoms with Gasteiger partial charge in [0.05, 0.1) is 7.11 Å². The predicted molar refractivity (Wildman–Crippen MR) is 52.9 cm³/mol. The van der Waals surface area contributed by atoms with Crippen LogP contribution in [0.25, 0.3) is 0 Å². The van der Waals surface area contributed by atoms with Gasteiger partial charge in [0.25, 0.3) is 0 Å². The van der Waals surface area contributed by atoms with E-state index in [2.05, 4.69) is 0 Å². The number of benzene rings is 1. The van der Waals surface area contributed by atoms with Gasteiger partial charge in [-0.15, -0.1) is 0 Å². The zero-order valence-corrected chi connectivity index (χ0v) is 8.16. The first-order chi connectivity index (χ1) is 6.76. The summed E-state index contributed by atoms with van der Waals surface area (Å²) in [6, 6.07) is 5.03. The summed E-state index contributed by atoms with van der Waals surface area (Å²) in [5.41, 5.74) is 6.30. The minimum atomic E-state index is -0.176. The highest BCUT2D eigenvalue weighted by molar-refractivity contribution is 5.34. The van der Waals surface area contributed by atoms with Crippen molar-refractivity contribution in [3.63, 3.8) is 0 Å². The molecule has 1 saturated carbocycles. The van der Waals surface area contributed by atoms with Crippen LogP contribution in [0.5, 0.6) is 5.75 Å². The highest BCUT2D eigenvalue weighted by Crippen LogP contribution is 2.47. The molecule has 0 amide bonds. The number of rotatable bonds is 3. The summed E-state index contributed by atoms with van der Waals surface area (Å²) in [7, 11) is 1.54. The molecule has 0 spiro atoms. The van der Waals surface area contributed by atoms with Crippen molar-refractivity contribution in [2.75, 3.05) is 13.7 Å². The summed E-state index contributed by atoms with van der Waals surface area (Å²) in [4.78, 5) is 0. The lowest BCUT2D eigenvalue weighted by atomic mass is 10.1. The fraction of sp³-hybridized carbons (Fsp3) is 0.455. The molecule has 1 aliphatic carbocycles. The van der Waals surface area contributed by atoms with E-state index in [1.165, 1.54) is 13.2 Å². The Morgan fingerprint density at radius 1 is 1.57 bits per heavy atom. The van der Waals surface area contributed by atoms with Crippen molar-refractivity contribution in [3.05, 3.63) is 29.6 Å². The molecule has 0 heterocycles. The van der Waals surface area contributed by atoms with Crippen molar-refractivity contribution in [1.82, 2.24) is 0 Å². The number of nitrogens with two attached hydrogens (primary N) is 1. The van der Waals surface area contributed by atoms with Crippen LogP contribution in [0.1, 0.15) is 17.9 Å². The Bertz CT molecular complexity index is 340. The third-order valence-electron chi connectivity index (χ3n) is 2.83. The standard InChI is InChI=1S/C11H14FNO/c1-14-8-2-3-9(11(12)5-8)10-4-7(10)6-13/h2-3,5,7,10H,4,6,13H2,1H3. The van der Waals surface area contributed by atoms with E-state index in [1.54, 1.807) is 12.1 Å². The van der Waals surface area contributed by atoms with Gasteiger partial charge in [-0.1, -0.05) is 6.07 Å². The van der Waals surface area contributed by atoms with Crippen molar-refractivity contribution in [2.45, 2.75) is 12.3 Å². The summed E-state index contributed by atoms with van der Waals surface area (Å²) in [6.07, 6.45) is 1.01. The maximum absolute atomic E-state index is 13.5. The van der Waals surface area contributed by atoms with Crippen molar-refractivity contribution in [1.29, 1.82) is 0 Å². The largest absolute Gasteiger partial charge is 0.497 e. The van der Waals surface area contributed by atoms with Gasteiger partial charge in [-0.3, -0.25) is 0 Å². The molecule has 1 aromatic rings. The highest BCUT2D eigenvalue weighted by atomic mass is 19.1. The molecule has 0 aromatic heterocycles. The summed E-state index contributed by atoms with van der Waals surface area (Å²) < 4.78 is 18.5. The quantitative estimate of drug-likeness (QED) is 0.799. The summed E-state index contributed by atoms with van der Waals surface area (Å²) in [6.45, 7) is 0.649. The molecule has 0 aliphatic heterocycles. The maximum Gasteiger partial charge on any atom is 0.130 e. The van der Waals surface area contributed by atoms with Gasteiger partial charge in [0, 0.05) is 6.07 Å². The lowest BCUT2D eigenvalue weighted by molar-refractivity contribution is 0.410. The van der Waals surface area contributed by atoms with E-state index in [-0.39, 0.29) is 5.82 Å². The normalized spacial score (nSPS) is 24.8. The van der Waals surface area contributed by atoms with E-state index in [9.17, 15) is 4.39 Å². The number of methoxy groups -OCH3 is 1. The molecule has 14 heavy (non-hydrogen) atoms. The van der Waals surface area contributed by atoms with Crippen LogP contribution in [-0.4, -0.2) is 13.7 Å². The molecule has 1 fully saturated rings. The van der Waals surface area contributed by atoms with Gasteiger partial charge in [0.2, 0.25) is 0 Å². The molecule has 2 rings (SSSR count). The first-order valence-corrected chi connectivity index (χ1v) is 4.79. The van der Waals surface area contributed by atoms with Gasteiger partial charge in [-0.05, 0) is 36.4 Å². The van der Waals surface area contributed by atoms with E-state index in [1.807, 2.05) is 0 Å². The maximum atomic E-state index is 13.5. The molecular weight excluding hydrogens is 181 g/mol. The lowest BCUT2D eigenvalue weighted by Crippen LogP contribution is -2.02. The molecule has 3 heteroatoms. The van der Waals surface area contributed by atoms with Crippen LogP contribution < -0.4 is 10.5 Å². The van der Waals surface area contributed by atoms with Gasteiger partial charge in [-0.2, -0.15) is 0 Å². The van der Waals surface area contributed by atoms with Crippen molar-refractivity contribution >= 4 is 0 Å². The number of ether oxygens (including phenoxy) is 1. The van der Waals surface area contributed by atoms with Gasteiger partial charge < -0.3 is 10.5 Å². The second-order valence-corrected chi connectivity index (χ2v) is 3.73. The highest BCUT2D eigenvalue weighted by Gasteiger charge is 2.38. The Hall–Kier alpha value is -1.09. The summed E-state index contributed by atoms with van der Waals surface area (Å²) in [5, 5.41) is 0. The van der Waals surface area contributed by atoms with Crippen LogP contribution in [0.15, 0.2) is 18.2 Å². The van der Waals surface area contributed by atoms with Crippen LogP contribution in [0.4, 0.5) is 4.39 Å². The Labute approximate surface area is 82.9 Å². The fourth-order valence-corrected chi connectivity index (χ4v) is 1.82. The van der Waals surface area contributed by atoms with Gasteiger partial charge >= 0.3 is 0 Å². The van der Waals surface area contributed by atoms with Crippen molar-refractivity contribution < 1.29 is 9.13 Å². The second-order valence-electron chi connectivity index (χ2n) is 3.73. The Balaban J connectivity index is 2.19. The van der Waals surface area contributed by atoms with E-state index < -0.39 is 0 Å². The average Bonchev–Trinajstić information content (AvgIpc) is 2.96. The van der Waals surface area contributed by atoms with E-state index in [0.717, 1.165) is 12.0 Å². The first-order valence-electron chi connectivity index (χ1n) is 4.79. The van der Waals surface area contributed by atoms with Crippen LogP contribution in [0.2, 0.25) is 0 Å². The van der Waals surface area contributed by atoms with E-state index >= 15 is 0 Å². The first kappa shape index (κ1) is 9.46. The lowest BCUT2D eigenvalue weighted by Gasteiger charge is -2.04. The minimum Gasteiger partial charge on any atom is -0.497 e. The third-order valence-corrected chi connectivity index (χ3v) is 2.83. The smallest absolute Gasteiger partial charge is 0.130 e. The Kier molecular flexibility index (Phi) is 2.42. The monoisotopic (exact) mass is 195 g/mol. The summed E-state index contributed by atoms with van der Waals surface area (Å²) in [5.74, 6) is 1.19. The molecule has 0 radical (unpaired) electrons. The fourth-order valence-electron chi connectivity index (χ4n) is 1.82. The molecule has 76 valence electrons. The van der Waals surface area contributed by atoms with Gasteiger partial charge in [0.1, 0.15) is 11.6 Å². The van der Waals surface area contributed by atoms with E-state index in [4.69, 9.17) is 10.5 Å². The third kappa shape index (κ3) is 1.60. The molecule has 0 bridgehead atoms. The SMILES string of the molecule is COc1ccc(C2CC2CN)c(F)c1. The van der Waals surface area contributed by atoms with Gasteiger partial charge in [0.15, 0.2) is 0 Å². The number of hydrogen-bond acceptors (Lipinski definition) is 2. The second kappa shape index (κ2) is 3.58. The topological polar surface area (TPSA) is 35.2 Å². The number of hydrogen-bond donors (Lipinski definition) is 1. The zero-order valence-electron chi connectivity index (χ0n) is 8.16. The van der Waals surface area contributed by atoms with Crippen molar-refractivity contribution in [3.8, 4) is 5.75 Å². The van der Waals surface area contributed by atoms with Crippen LogP contribution in [-0.2, 0) is 0 Å². The number of halogens is 1. The zero-order chi connectivity index (χ0) is 10.1. The van der Waals surface area contributed by atoms with Crippen LogP contribution in [0, 0.1) is 11.7 Å². The molecule has 2 N–H and O–H groups in total. The minimum absolute atomic E-state index is 0.176. The van der Waals surface area contributed by atoms with Crippen LogP contribution in [0.3, 0.4) is 0 Å². The Morgan fingerprint density at radius 3 is 2.86 bits per heavy atom. The molecule has 2 nitrogen and oxygen atoms in total. The molecule has 2 atom stereocenters. The molecule has 1 aliphatic rings. The summed E-state index contributed by atoms with van der Waals surface area (Å²) >= 11 is 0. The molecular formula is C11H14FNO. The van der Waals surface area contributed by atoms with Gasteiger partial charge in [-0.25, -0.2) is 4.39 Å². The molecule has 2 unspecified atom stereocenters. The average molecular weight is 195 g/mol. The van der Waals surface area contributed by atoms with E-state index in [0.29, 0.717) is 24.1 Å². The molecule has 0 saturated heterocycles. The predicted octanol–water partition coefficient (Wildman–Crippen LogP) is 1.90. The van der Waals surface area contributed by atoms with Crippen molar-refractivity contribution in [2.24, 2.45) is 11.7 Å². The Morgan fingerprint density at radius 2 is 2.36 bits per heavy atom. The molecule has 1 aromatic carbocycles. The van der Waals surface area contributed by atoms with Crippen LogP contribution >= 0.6 is 0 Å².